The number of hydrogen-bond acceptors (Lipinski definition) is 3. The molecule has 0 saturated heterocycles. The second kappa shape index (κ2) is 8.21. The number of amides is 2. The highest BCUT2D eigenvalue weighted by molar-refractivity contribution is 6.09. The summed E-state index contributed by atoms with van der Waals surface area (Å²) in [6.45, 7) is 0.0822. The summed E-state index contributed by atoms with van der Waals surface area (Å²) in [6, 6.07) is 20.3. The van der Waals surface area contributed by atoms with Gasteiger partial charge in [0.1, 0.15) is 5.82 Å². The van der Waals surface area contributed by atoms with Crippen LogP contribution in [-0.4, -0.2) is 18.9 Å². The molecular formula is C24H19FN2O3. The predicted molar refractivity (Wildman–Crippen MR) is 112 cm³/mol. The number of ether oxygens (including phenoxy) is 1. The molecule has 1 aliphatic heterocycles. The van der Waals surface area contributed by atoms with E-state index in [4.69, 9.17) is 4.74 Å². The van der Waals surface area contributed by atoms with Crippen LogP contribution in [0.1, 0.15) is 21.5 Å². The van der Waals surface area contributed by atoms with Gasteiger partial charge in [-0.25, -0.2) is 4.39 Å². The van der Waals surface area contributed by atoms with Crippen LogP contribution in [0.15, 0.2) is 78.6 Å². The minimum absolute atomic E-state index is 0.0822. The number of benzene rings is 3. The van der Waals surface area contributed by atoms with Gasteiger partial charge in [0.05, 0.1) is 12.2 Å². The Labute approximate surface area is 173 Å². The molecule has 0 radical (unpaired) electrons. The maximum absolute atomic E-state index is 14.2. The highest BCUT2D eigenvalue weighted by atomic mass is 19.1. The molecular weight excluding hydrogens is 383 g/mol. The average Bonchev–Trinajstić information content (AvgIpc) is 2.78. The smallest absolute Gasteiger partial charge is 0.294 e. The number of nitrogens with one attached hydrogen (secondary N) is 1. The Balaban J connectivity index is 1.69. The fraction of sp³-hybridized carbons (Fsp3) is 0.0833. The number of carbonyl (C=O) groups is 2. The quantitative estimate of drug-likeness (QED) is 0.667. The van der Waals surface area contributed by atoms with Crippen molar-refractivity contribution < 1.29 is 18.7 Å². The second-order valence-electron chi connectivity index (χ2n) is 6.76. The molecule has 0 aromatic heterocycles. The third-order valence-corrected chi connectivity index (χ3v) is 4.82. The summed E-state index contributed by atoms with van der Waals surface area (Å²) in [7, 11) is 1.56. The highest BCUT2D eigenvalue weighted by Crippen LogP contribution is 2.36. The lowest BCUT2D eigenvalue weighted by Crippen LogP contribution is -2.37. The molecule has 1 aliphatic rings. The SMILES string of the molecule is CNC(=O)c1ccc(/C=C2/Oc3ccccc3N(Cc3ccccc3F)C2=O)cc1. The molecule has 0 spiro atoms. The molecule has 30 heavy (non-hydrogen) atoms. The highest BCUT2D eigenvalue weighted by Gasteiger charge is 2.30. The Morgan fingerprint density at radius 3 is 2.47 bits per heavy atom. The minimum Gasteiger partial charge on any atom is -0.449 e. The zero-order valence-corrected chi connectivity index (χ0v) is 16.3. The predicted octanol–water partition coefficient (Wildman–Crippen LogP) is 4.15. The molecule has 6 heteroatoms. The van der Waals surface area contributed by atoms with Gasteiger partial charge in [-0.05, 0) is 42.0 Å². The maximum Gasteiger partial charge on any atom is 0.294 e. The Morgan fingerprint density at radius 1 is 1.03 bits per heavy atom. The van der Waals surface area contributed by atoms with E-state index < -0.39 is 0 Å². The fourth-order valence-corrected chi connectivity index (χ4v) is 3.24. The maximum atomic E-state index is 14.2. The van der Waals surface area contributed by atoms with Crippen LogP contribution in [0.25, 0.3) is 6.08 Å². The van der Waals surface area contributed by atoms with Crippen molar-refractivity contribution in [2.45, 2.75) is 6.54 Å². The first-order valence-electron chi connectivity index (χ1n) is 9.43. The van der Waals surface area contributed by atoms with Gasteiger partial charge in [0.2, 0.25) is 0 Å². The number of rotatable bonds is 4. The van der Waals surface area contributed by atoms with Crippen LogP contribution in [0.2, 0.25) is 0 Å². The molecule has 4 rings (SSSR count). The molecule has 150 valence electrons. The van der Waals surface area contributed by atoms with Crippen LogP contribution in [0.3, 0.4) is 0 Å². The van der Waals surface area contributed by atoms with E-state index in [0.29, 0.717) is 28.1 Å². The van der Waals surface area contributed by atoms with Gasteiger partial charge in [-0.3, -0.25) is 14.5 Å². The van der Waals surface area contributed by atoms with Crippen LogP contribution >= 0.6 is 0 Å². The van der Waals surface area contributed by atoms with E-state index in [2.05, 4.69) is 5.32 Å². The Kier molecular flexibility index (Phi) is 5.30. The van der Waals surface area contributed by atoms with E-state index in [1.165, 1.54) is 11.0 Å². The van der Waals surface area contributed by atoms with Crippen LogP contribution in [0.4, 0.5) is 10.1 Å². The zero-order chi connectivity index (χ0) is 21.1. The van der Waals surface area contributed by atoms with Crippen LogP contribution < -0.4 is 15.0 Å². The van der Waals surface area contributed by atoms with Gasteiger partial charge in [-0.2, -0.15) is 0 Å². The van der Waals surface area contributed by atoms with Crippen molar-refractivity contribution in [3.8, 4) is 5.75 Å². The molecule has 0 saturated carbocycles. The van der Waals surface area contributed by atoms with Crippen molar-refractivity contribution in [1.29, 1.82) is 0 Å². The number of para-hydroxylation sites is 2. The lowest BCUT2D eigenvalue weighted by atomic mass is 10.1. The molecule has 0 bridgehead atoms. The molecule has 3 aromatic carbocycles. The van der Waals surface area contributed by atoms with Gasteiger partial charge in [0, 0.05) is 18.2 Å². The summed E-state index contributed by atoms with van der Waals surface area (Å²) in [5.41, 5.74) is 2.22. The molecule has 2 amide bonds. The molecule has 0 aliphatic carbocycles. The van der Waals surface area contributed by atoms with Gasteiger partial charge in [-0.15, -0.1) is 0 Å². The lowest BCUT2D eigenvalue weighted by Gasteiger charge is -2.30. The van der Waals surface area contributed by atoms with Gasteiger partial charge in [-0.1, -0.05) is 42.5 Å². The summed E-state index contributed by atoms with van der Waals surface area (Å²) in [6.07, 6.45) is 1.61. The Bertz CT molecular complexity index is 1140. The van der Waals surface area contributed by atoms with Crippen molar-refractivity contribution in [2.24, 2.45) is 0 Å². The zero-order valence-electron chi connectivity index (χ0n) is 16.3. The molecule has 0 fully saturated rings. The number of nitrogens with zero attached hydrogens (tertiary/aromatic N) is 1. The van der Waals surface area contributed by atoms with Gasteiger partial charge in [0.25, 0.3) is 11.8 Å². The Morgan fingerprint density at radius 2 is 1.73 bits per heavy atom. The number of anilines is 1. The van der Waals surface area contributed by atoms with E-state index >= 15 is 0 Å². The van der Waals surface area contributed by atoms with Crippen LogP contribution in [-0.2, 0) is 11.3 Å². The lowest BCUT2D eigenvalue weighted by molar-refractivity contribution is -0.117. The van der Waals surface area contributed by atoms with Gasteiger partial charge >= 0.3 is 0 Å². The van der Waals surface area contributed by atoms with Crippen molar-refractivity contribution >= 4 is 23.6 Å². The summed E-state index contributed by atoms with van der Waals surface area (Å²) < 4.78 is 20.0. The molecule has 1 heterocycles. The summed E-state index contributed by atoms with van der Waals surface area (Å²) >= 11 is 0. The molecule has 1 N–H and O–H groups in total. The third kappa shape index (κ3) is 3.80. The molecule has 3 aromatic rings. The monoisotopic (exact) mass is 402 g/mol. The largest absolute Gasteiger partial charge is 0.449 e. The summed E-state index contributed by atoms with van der Waals surface area (Å²) in [4.78, 5) is 26.4. The summed E-state index contributed by atoms with van der Waals surface area (Å²) in [5.74, 6) is -0.291. The molecule has 5 nitrogen and oxygen atoms in total. The normalized spacial score (nSPS) is 14.3. The second-order valence-corrected chi connectivity index (χ2v) is 6.76. The third-order valence-electron chi connectivity index (χ3n) is 4.82. The average molecular weight is 402 g/mol. The number of carbonyl (C=O) groups excluding carboxylic acids is 2. The first-order valence-corrected chi connectivity index (χ1v) is 9.43. The fourth-order valence-electron chi connectivity index (χ4n) is 3.24. The minimum atomic E-state index is -0.371. The van der Waals surface area contributed by atoms with E-state index in [0.717, 1.165) is 0 Å². The number of halogens is 1. The van der Waals surface area contributed by atoms with E-state index in [1.54, 1.807) is 73.8 Å². The number of hydrogen-bond donors (Lipinski definition) is 1. The Hall–Kier alpha value is -3.93. The first kappa shape index (κ1) is 19.4. The van der Waals surface area contributed by atoms with E-state index in [-0.39, 0.29) is 29.9 Å². The van der Waals surface area contributed by atoms with E-state index in [1.807, 2.05) is 6.07 Å². The number of fused-ring (bicyclic) bond motifs is 1. The van der Waals surface area contributed by atoms with Crippen molar-refractivity contribution in [2.75, 3.05) is 11.9 Å². The standard InChI is InChI=1S/C24H19FN2O3/c1-26-23(28)17-12-10-16(11-13-17)14-22-24(29)27(15-18-6-2-3-7-19(18)25)20-8-4-5-9-21(20)30-22/h2-14H,15H2,1H3,(H,26,28)/b22-14+. The van der Waals surface area contributed by atoms with E-state index in [9.17, 15) is 14.0 Å². The van der Waals surface area contributed by atoms with Crippen LogP contribution in [0.5, 0.6) is 5.75 Å². The van der Waals surface area contributed by atoms with Crippen LogP contribution in [0, 0.1) is 5.82 Å². The topological polar surface area (TPSA) is 58.6 Å². The molecule has 0 atom stereocenters. The van der Waals surface area contributed by atoms with Gasteiger partial charge in [0.15, 0.2) is 11.5 Å². The van der Waals surface area contributed by atoms with Crippen molar-refractivity contribution in [1.82, 2.24) is 5.32 Å². The van der Waals surface area contributed by atoms with Crippen molar-refractivity contribution in [3.63, 3.8) is 0 Å². The first-order chi connectivity index (χ1) is 14.6. The summed E-state index contributed by atoms with van der Waals surface area (Å²) in [5, 5.41) is 2.56. The van der Waals surface area contributed by atoms with Gasteiger partial charge < -0.3 is 10.1 Å². The molecule has 0 unspecified atom stereocenters. The van der Waals surface area contributed by atoms with Crippen molar-refractivity contribution in [3.05, 3.63) is 101 Å².